The molecule has 0 saturated carbocycles. The molecule has 4 rings (SSSR count). The van der Waals surface area contributed by atoms with Crippen molar-refractivity contribution in [1.82, 2.24) is 9.88 Å². The molecule has 2 heterocycles. The Hall–Kier alpha value is -3.81. The molecule has 1 atom stereocenters. The van der Waals surface area contributed by atoms with Crippen LogP contribution in [0, 0.1) is 0 Å². The first-order valence-corrected chi connectivity index (χ1v) is 10.7. The molecule has 0 bridgehead atoms. The van der Waals surface area contributed by atoms with Crippen LogP contribution < -0.4 is 5.32 Å². The van der Waals surface area contributed by atoms with Gasteiger partial charge in [-0.1, -0.05) is 72.0 Å². The van der Waals surface area contributed by atoms with Crippen molar-refractivity contribution in [1.29, 1.82) is 0 Å². The number of thiazole rings is 1. The fourth-order valence-electron chi connectivity index (χ4n) is 3.32. The van der Waals surface area contributed by atoms with Gasteiger partial charge in [-0.3, -0.25) is 9.69 Å². The Morgan fingerprint density at radius 3 is 2.44 bits per heavy atom. The molecule has 0 unspecified atom stereocenters. The molecule has 0 spiro atoms. The number of likely N-dealkylation sites (tertiary alicyclic amines) is 1. The third-order valence-corrected chi connectivity index (χ3v) is 5.75. The lowest BCUT2D eigenvalue weighted by atomic mass is 10.2. The standard InChI is InChI=1S/C22H21N3O3S.CO2/c26-20(24-21-23-14-19(29-21)17-10-5-2-6-11-17)18-12-7-13-25(18)22(27)28-15-16-8-3-1-4-9-16;2-1-3/h1-6,8-11,14,18H,7,12-13,15H2,(H,23,24,26);/t18-;/m0./s1. The van der Waals surface area contributed by atoms with E-state index in [0.717, 1.165) is 22.4 Å². The predicted molar refractivity (Wildman–Crippen MR) is 118 cm³/mol. The van der Waals surface area contributed by atoms with Crippen molar-refractivity contribution < 1.29 is 23.9 Å². The normalized spacial score (nSPS) is 14.6. The summed E-state index contributed by atoms with van der Waals surface area (Å²) in [5.41, 5.74) is 1.97. The number of nitrogens with zero attached hydrogens (tertiary/aromatic N) is 2. The first kappa shape index (κ1) is 22.9. The van der Waals surface area contributed by atoms with Crippen LogP contribution in [0.3, 0.4) is 0 Å². The molecule has 164 valence electrons. The monoisotopic (exact) mass is 451 g/mol. The Morgan fingerprint density at radius 2 is 1.75 bits per heavy atom. The van der Waals surface area contributed by atoms with E-state index in [2.05, 4.69) is 10.3 Å². The number of benzene rings is 2. The number of carbonyl (C=O) groups is 2. The van der Waals surface area contributed by atoms with E-state index in [-0.39, 0.29) is 18.7 Å². The molecule has 1 saturated heterocycles. The molecule has 0 aliphatic carbocycles. The zero-order valence-electron chi connectivity index (χ0n) is 17.1. The van der Waals surface area contributed by atoms with Crippen molar-refractivity contribution >= 4 is 34.6 Å². The molecule has 32 heavy (non-hydrogen) atoms. The first-order chi connectivity index (χ1) is 15.6. The molecule has 1 aliphatic rings. The van der Waals surface area contributed by atoms with Crippen LogP contribution in [0.25, 0.3) is 10.4 Å². The fourth-order valence-corrected chi connectivity index (χ4v) is 4.14. The number of hydrogen-bond acceptors (Lipinski definition) is 7. The summed E-state index contributed by atoms with van der Waals surface area (Å²) in [4.78, 5) is 48.3. The lowest BCUT2D eigenvalue weighted by Crippen LogP contribution is -2.43. The van der Waals surface area contributed by atoms with Gasteiger partial charge < -0.3 is 10.1 Å². The molecule has 8 nitrogen and oxygen atoms in total. The number of ether oxygens (including phenoxy) is 1. The number of nitrogens with one attached hydrogen (secondary N) is 1. The number of hydrogen-bond donors (Lipinski definition) is 1. The van der Waals surface area contributed by atoms with Gasteiger partial charge in [0.05, 0.1) is 4.88 Å². The lowest BCUT2D eigenvalue weighted by molar-refractivity contribution is -0.191. The van der Waals surface area contributed by atoms with Gasteiger partial charge in [-0.2, -0.15) is 9.59 Å². The average Bonchev–Trinajstić information content (AvgIpc) is 3.49. The Kier molecular flexibility index (Phi) is 8.25. The average molecular weight is 452 g/mol. The summed E-state index contributed by atoms with van der Waals surface area (Å²) in [7, 11) is 0. The highest BCUT2D eigenvalue weighted by Gasteiger charge is 2.35. The van der Waals surface area contributed by atoms with Gasteiger partial charge in [0.15, 0.2) is 5.13 Å². The summed E-state index contributed by atoms with van der Waals surface area (Å²) in [6.45, 7) is 0.705. The highest BCUT2D eigenvalue weighted by atomic mass is 32.1. The number of rotatable bonds is 5. The summed E-state index contributed by atoms with van der Waals surface area (Å²) in [6, 6.07) is 18.8. The van der Waals surface area contributed by atoms with Gasteiger partial charge in [0.1, 0.15) is 12.6 Å². The molecule has 1 aliphatic heterocycles. The molecule has 9 heteroatoms. The van der Waals surface area contributed by atoms with E-state index < -0.39 is 12.1 Å². The van der Waals surface area contributed by atoms with Crippen LogP contribution in [-0.4, -0.2) is 40.6 Å². The van der Waals surface area contributed by atoms with Gasteiger partial charge in [-0.25, -0.2) is 9.78 Å². The van der Waals surface area contributed by atoms with E-state index >= 15 is 0 Å². The molecule has 1 N–H and O–H groups in total. The maximum absolute atomic E-state index is 12.8. The molecule has 0 radical (unpaired) electrons. The van der Waals surface area contributed by atoms with E-state index in [9.17, 15) is 9.59 Å². The third kappa shape index (κ3) is 6.10. The summed E-state index contributed by atoms with van der Waals surface area (Å²) >= 11 is 1.41. The Bertz CT molecular complexity index is 1070. The minimum atomic E-state index is -0.539. The second-order valence-corrected chi connectivity index (χ2v) is 7.89. The van der Waals surface area contributed by atoms with E-state index in [1.807, 2.05) is 60.7 Å². The van der Waals surface area contributed by atoms with Gasteiger partial charge in [-0.05, 0) is 24.0 Å². The third-order valence-electron chi connectivity index (χ3n) is 4.79. The van der Waals surface area contributed by atoms with Crippen LogP contribution in [-0.2, 0) is 25.7 Å². The van der Waals surface area contributed by atoms with Crippen LogP contribution in [0.4, 0.5) is 9.93 Å². The molecule has 1 aromatic heterocycles. The van der Waals surface area contributed by atoms with E-state index in [0.29, 0.717) is 18.1 Å². The minimum Gasteiger partial charge on any atom is -0.445 e. The van der Waals surface area contributed by atoms with Crippen LogP contribution >= 0.6 is 11.3 Å². The van der Waals surface area contributed by atoms with Gasteiger partial charge in [-0.15, -0.1) is 0 Å². The van der Waals surface area contributed by atoms with E-state index in [1.54, 1.807) is 6.20 Å². The fraction of sp³-hybridized carbons (Fsp3) is 0.217. The number of carbonyl (C=O) groups excluding carboxylic acids is 4. The molecule has 3 aromatic rings. The van der Waals surface area contributed by atoms with Gasteiger partial charge in [0.25, 0.3) is 0 Å². The zero-order chi connectivity index (χ0) is 22.8. The van der Waals surface area contributed by atoms with Crippen molar-refractivity contribution in [3.05, 3.63) is 72.4 Å². The number of anilines is 1. The van der Waals surface area contributed by atoms with Gasteiger partial charge in [0, 0.05) is 12.7 Å². The Balaban J connectivity index is 0.000000913. The van der Waals surface area contributed by atoms with E-state index in [1.165, 1.54) is 16.2 Å². The molecular weight excluding hydrogens is 430 g/mol. The number of aromatic nitrogens is 1. The summed E-state index contributed by atoms with van der Waals surface area (Å²) in [5.74, 6) is -0.229. The van der Waals surface area contributed by atoms with Crippen LogP contribution in [0.5, 0.6) is 0 Å². The van der Waals surface area contributed by atoms with Crippen LogP contribution in [0.15, 0.2) is 66.9 Å². The Morgan fingerprint density at radius 1 is 1.09 bits per heavy atom. The molecule has 2 amide bonds. The number of amides is 2. The highest BCUT2D eigenvalue weighted by Crippen LogP contribution is 2.29. The highest BCUT2D eigenvalue weighted by molar-refractivity contribution is 7.19. The largest absolute Gasteiger partial charge is 0.445 e. The first-order valence-electron chi connectivity index (χ1n) is 9.91. The maximum atomic E-state index is 12.8. The van der Waals surface area contributed by atoms with Crippen molar-refractivity contribution in [3.8, 4) is 10.4 Å². The van der Waals surface area contributed by atoms with Gasteiger partial charge in [0.2, 0.25) is 5.91 Å². The Labute approximate surface area is 188 Å². The second kappa shape index (κ2) is 11.5. The molecule has 1 fully saturated rings. The van der Waals surface area contributed by atoms with Crippen molar-refractivity contribution in [2.45, 2.75) is 25.5 Å². The predicted octanol–water partition coefficient (Wildman–Crippen LogP) is 3.97. The van der Waals surface area contributed by atoms with Crippen molar-refractivity contribution in [2.75, 3.05) is 11.9 Å². The van der Waals surface area contributed by atoms with E-state index in [4.69, 9.17) is 14.3 Å². The molecular formula is C23H21N3O5S. The summed E-state index contributed by atoms with van der Waals surface area (Å²) in [5, 5.41) is 3.38. The van der Waals surface area contributed by atoms with Crippen molar-refractivity contribution in [2.24, 2.45) is 0 Å². The van der Waals surface area contributed by atoms with Crippen LogP contribution in [0.2, 0.25) is 0 Å². The smallest absolute Gasteiger partial charge is 0.410 e. The summed E-state index contributed by atoms with van der Waals surface area (Å²) < 4.78 is 5.40. The topological polar surface area (TPSA) is 106 Å². The van der Waals surface area contributed by atoms with Gasteiger partial charge >= 0.3 is 12.2 Å². The van der Waals surface area contributed by atoms with Crippen molar-refractivity contribution in [3.63, 3.8) is 0 Å². The minimum absolute atomic E-state index is 0.192. The summed E-state index contributed by atoms with van der Waals surface area (Å²) in [6.07, 6.45) is 2.92. The zero-order valence-corrected chi connectivity index (χ0v) is 17.9. The SMILES string of the molecule is O=C(Nc1ncc(-c2ccccc2)s1)[C@@H]1CCCN1C(=O)OCc1ccccc1.O=C=O. The quantitative estimate of drug-likeness (QED) is 0.629. The second-order valence-electron chi connectivity index (χ2n) is 6.86. The lowest BCUT2D eigenvalue weighted by Gasteiger charge is -2.22. The van der Waals surface area contributed by atoms with Crippen LogP contribution in [0.1, 0.15) is 18.4 Å². The molecule has 2 aromatic carbocycles. The maximum Gasteiger partial charge on any atom is 0.410 e.